The van der Waals surface area contributed by atoms with Crippen molar-refractivity contribution < 1.29 is 4.79 Å². The largest absolute Gasteiger partial charge is 0.352 e. The maximum Gasteiger partial charge on any atom is 0.314 e. The third-order valence-corrected chi connectivity index (χ3v) is 4.09. The van der Waals surface area contributed by atoms with E-state index in [2.05, 4.69) is 44.7 Å². The minimum atomic E-state index is -0.109. The lowest BCUT2D eigenvalue weighted by Crippen LogP contribution is -2.46. The van der Waals surface area contributed by atoms with Crippen molar-refractivity contribution in [3.63, 3.8) is 0 Å². The van der Waals surface area contributed by atoms with Gasteiger partial charge in [-0.25, -0.2) is 14.8 Å². The van der Waals surface area contributed by atoms with E-state index in [1.165, 1.54) is 19.4 Å². The van der Waals surface area contributed by atoms with E-state index in [9.17, 15) is 4.79 Å². The Bertz CT molecular complexity index is 467. The number of anilines is 1. The first-order valence-corrected chi connectivity index (χ1v) is 8.42. The lowest BCUT2D eigenvalue weighted by atomic mass is 9.97. The maximum atomic E-state index is 11.8. The van der Waals surface area contributed by atoms with Crippen LogP contribution in [-0.2, 0) is 0 Å². The molecule has 0 aliphatic carbocycles. The first-order valence-electron chi connectivity index (χ1n) is 8.42. The molecule has 0 unspecified atom stereocenters. The van der Waals surface area contributed by atoms with Crippen LogP contribution in [-0.4, -0.2) is 59.7 Å². The summed E-state index contributed by atoms with van der Waals surface area (Å²) < 4.78 is 0. The van der Waals surface area contributed by atoms with Crippen LogP contribution in [0.5, 0.6) is 0 Å². The molecule has 7 heteroatoms. The number of hydrogen-bond acceptors (Lipinski definition) is 5. The Hall–Kier alpha value is -1.89. The Morgan fingerprint density at radius 2 is 2.09 bits per heavy atom. The third kappa shape index (κ3) is 6.40. The summed E-state index contributed by atoms with van der Waals surface area (Å²) in [7, 11) is 0. The highest BCUT2D eigenvalue weighted by Gasteiger charge is 2.21. The van der Waals surface area contributed by atoms with E-state index >= 15 is 0 Å². The van der Waals surface area contributed by atoms with Crippen LogP contribution in [0.2, 0.25) is 0 Å². The zero-order valence-corrected chi connectivity index (χ0v) is 14.1. The van der Waals surface area contributed by atoms with Crippen LogP contribution in [0.3, 0.4) is 0 Å². The predicted molar refractivity (Wildman–Crippen MR) is 91.4 cm³/mol. The van der Waals surface area contributed by atoms with Crippen molar-refractivity contribution in [2.75, 3.05) is 38.0 Å². The van der Waals surface area contributed by atoms with Crippen molar-refractivity contribution >= 4 is 12.0 Å². The molecule has 1 saturated heterocycles. The van der Waals surface area contributed by atoms with Gasteiger partial charge in [-0.3, -0.25) is 0 Å². The van der Waals surface area contributed by atoms with Crippen LogP contribution in [0.1, 0.15) is 26.7 Å². The Morgan fingerprint density at radius 1 is 1.30 bits per heavy atom. The number of rotatable bonds is 7. The molecule has 1 aromatic rings. The summed E-state index contributed by atoms with van der Waals surface area (Å²) in [5.41, 5.74) is 0. The Balaban J connectivity index is 1.56. The molecule has 1 aromatic heterocycles. The smallest absolute Gasteiger partial charge is 0.314 e. The molecule has 0 bridgehead atoms. The molecule has 1 fully saturated rings. The van der Waals surface area contributed by atoms with Gasteiger partial charge in [-0.05, 0) is 45.2 Å². The fraction of sp³-hybridized carbons (Fsp3) is 0.688. The topological polar surface area (TPSA) is 82.2 Å². The molecule has 1 aliphatic heterocycles. The molecule has 7 nitrogen and oxygen atoms in total. The number of piperidine rings is 1. The van der Waals surface area contributed by atoms with Gasteiger partial charge in [-0.1, -0.05) is 0 Å². The number of carbonyl (C=O) groups is 1. The molecule has 1 atom stereocenters. The molecule has 0 radical (unpaired) electrons. The molecule has 1 aliphatic rings. The molecule has 3 N–H and O–H groups in total. The summed E-state index contributed by atoms with van der Waals surface area (Å²) in [6.07, 6.45) is 5.77. The van der Waals surface area contributed by atoms with E-state index < -0.39 is 0 Å². The number of hydrogen-bond donors (Lipinski definition) is 3. The van der Waals surface area contributed by atoms with Gasteiger partial charge in [0.2, 0.25) is 5.95 Å². The Labute approximate surface area is 138 Å². The zero-order chi connectivity index (χ0) is 16.5. The second-order valence-electron chi connectivity index (χ2n) is 6.23. The van der Waals surface area contributed by atoms with E-state index in [1.54, 1.807) is 18.5 Å². The van der Waals surface area contributed by atoms with Gasteiger partial charge in [-0.2, -0.15) is 0 Å². The van der Waals surface area contributed by atoms with E-state index in [4.69, 9.17) is 0 Å². The van der Waals surface area contributed by atoms with E-state index in [1.807, 2.05) is 0 Å². The standard InChI is InChI=1S/C16H28N6O/c1-13(2)22-10-3-5-14(12-22)11-21-16(23)20-9-8-19-15-17-6-4-7-18-15/h4,6-7,13-14H,3,5,8-12H2,1-2H3,(H,17,18,19)(H2,20,21,23)/t14-/m0/s1. The van der Waals surface area contributed by atoms with Gasteiger partial charge in [0, 0.05) is 44.6 Å². The van der Waals surface area contributed by atoms with Gasteiger partial charge in [0.1, 0.15) is 0 Å². The number of likely N-dealkylation sites (tertiary alicyclic amines) is 1. The Morgan fingerprint density at radius 3 is 2.83 bits per heavy atom. The van der Waals surface area contributed by atoms with Gasteiger partial charge in [0.05, 0.1) is 0 Å². The maximum absolute atomic E-state index is 11.8. The second-order valence-corrected chi connectivity index (χ2v) is 6.23. The lowest BCUT2D eigenvalue weighted by Gasteiger charge is -2.35. The molecule has 23 heavy (non-hydrogen) atoms. The van der Waals surface area contributed by atoms with Crippen molar-refractivity contribution in [1.82, 2.24) is 25.5 Å². The normalized spacial score (nSPS) is 18.7. The van der Waals surface area contributed by atoms with Crippen LogP contribution in [0, 0.1) is 5.92 Å². The highest BCUT2D eigenvalue weighted by atomic mass is 16.2. The average molecular weight is 320 g/mol. The molecule has 2 amide bonds. The van der Waals surface area contributed by atoms with Gasteiger partial charge in [0.15, 0.2) is 0 Å². The van der Waals surface area contributed by atoms with Gasteiger partial charge >= 0.3 is 6.03 Å². The third-order valence-electron chi connectivity index (χ3n) is 4.09. The number of nitrogens with one attached hydrogen (secondary N) is 3. The van der Waals surface area contributed by atoms with Crippen LogP contribution >= 0.6 is 0 Å². The van der Waals surface area contributed by atoms with Gasteiger partial charge in [-0.15, -0.1) is 0 Å². The van der Waals surface area contributed by atoms with E-state index in [0.717, 1.165) is 13.1 Å². The highest BCUT2D eigenvalue weighted by Crippen LogP contribution is 2.17. The lowest BCUT2D eigenvalue weighted by molar-refractivity contribution is 0.139. The van der Waals surface area contributed by atoms with Crippen LogP contribution < -0.4 is 16.0 Å². The van der Waals surface area contributed by atoms with E-state index in [0.29, 0.717) is 31.0 Å². The van der Waals surface area contributed by atoms with Crippen molar-refractivity contribution in [1.29, 1.82) is 0 Å². The number of carbonyl (C=O) groups excluding carboxylic acids is 1. The highest BCUT2D eigenvalue weighted by molar-refractivity contribution is 5.73. The molecule has 0 spiro atoms. The number of aromatic nitrogens is 2. The summed E-state index contributed by atoms with van der Waals surface area (Å²) >= 11 is 0. The fourth-order valence-corrected chi connectivity index (χ4v) is 2.77. The number of urea groups is 1. The SMILES string of the molecule is CC(C)N1CCC[C@@H](CNC(=O)NCCNc2ncccn2)C1. The summed E-state index contributed by atoms with van der Waals surface area (Å²) in [6, 6.07) is 2.24. The zero-order valence-electron chi connectivity index (χ0n) is 14.1. The van der Waals surface area contributed by atoms with Crippen molar-refractivity contribution in [3.05, 3.63) is 18.5 Å². The van der Waals surface area contributed by atoms with Crippen LogP contribution in [0.4, 0.5) is 10.7 Å². The minimum Gasteiger partial charge on any atom is -0.352 e. The second kappa shape index (κ2) is 9.29. The molecule has 0 aromatic carbocycles. The molecule has 2 rings (SSSR count). The molecular weight excluding hydrogens is 292 g/mol. The van der Waals surface area contributed by atoms with Crippen molar-refractivity contribution in [2.24, 2.45) is 5.92 Å². The number of nitrogens with zero attached hydrogens (tertiary/aromatic N) is 3. The van der Waals surface area contributed by atoms with Crippen molar-refractivity contribution in [2.45, 2.75) is 32.7 Å². The summed E-state index contributed by atoms with van der Waals surface area (Å²) in [5, 5.41) is 8.87. The summed E-state index contributed by atoms with van der Waals surface area (Å²) in [4.78, 5) is 22.4. The van der Waals surface area contributed by atoms with Crippen molar-refractivity contribution in [3.8, 4) is 0 Å². The molecule has 0 saturated carbocycles. The van der Waals surface area contributed by atoms with Gasteiger partial charge < -0.3 is 20.9 Å². The fourth-order valence-electron chi connectivity index (χ4n) is 2.77. The first kappa shape index (κ1) is 17.5. The number of amides is 2. The molecule has 128 valence electrons. The molecule has 2 heterocycles. The Kier molecular flexibility index (Phi) is 7.06. The van der Waals surface area contributed by atoms with E-state index in [-0.39, 0.29) is 6.03 Å². The average Bonchev–Trinajstić information content (AvgIpc) is 2.58. The minimum absolute atomic E-state index is 0.109. The van der Waals surface area contributed by atoms with Crippen LogP contribution in [0.15, 0.2) is 18.5 Å². The summed E-state index contributed by atoms with van der Waals surface area (Å²) in [5.74, 6) is 1.12. The quantitative estimate of drug-likeness (QED) is 0.660. The van der Waals surface area contributed by atoms with Gasteiger partial charge in [0.25, 0.3) is 0 Å². The monoisotopic (exact) mass is 320 g/mol. The first-order chi connectivity index (χ1) is 11.1. The predicted octanol–water partition coefficient (Wildman–Crippen LogP) is 1.31. The summed E-state index contributed by atoms with van der Waals surface area (Å²) in [6.45, 7) is 8.58. The molecular formula is C16H28N6O. The van der Waals surface area contributed by atoms with Crippen LogP contribution in [0.25, 0.3) is 0 Å².